The largest absolute Gasteiger partial charge is 0.494 e. The normalized spacial score (nSPS) is 15.2. The molecule has 0 saturated heterocycles. The maximum atomic E-state index is 13.0. The van der Waals surface area contributed by atoms with Gasteiger partial charge in [0.15, 0.2) is 0 Å². The smallest absolute Gasteiger partial charge is 0.235 e. The molecule has 1 aliphatic rings. The Morgan fingerprint density at radius 2 is 1.77 bits per heavy atom. The summed E-state index contributed by atoms with van der Waals surface area (Å²) in [6, 6.07) is 13.5. The second kappa shape index (κ2) is 5.79. The summed E-state index contributed by atoms with van der Waals surface area (Å²) >= 11 is 0. The van der Waals surface area contributed by atoms with Crippen molar-refractivity contribution in [1.82, 2.24) is 0 Å². The highest BCUT2D eigenvalue weighted by atomic mass is 19.1. The minimum absolute atomic E-state index is 0.0386. The molecular weight excluding hydrogens is 281 g/mol. The molecule has 0 bridgehead atoms. The second-order valence-corrected chi connectivity index (χ2v) is 5.50. The Hall–Kier alpha value is -2.36. The molecule has 114 valence electrons. The van der Waals surface area contributed by atoms with Crippen LogP contribution in [0.5, 0.6) is 5.75 Å². The van der Waals surface area contributed by atoms with Crippen LogP contribution in [0.1, 0.15) is 25.3 Å². The van der Waals surface area contributed by atoms with E-state index in [2.05, 4.69) is 5.32 Å². The average Bonchev–Trinajstić information content (AvgIpc) is 3.32. The van der Waals surface area contributed by atoms with E-state index in [9.17, 15) is 9.18 Å². The first-order valence-electron chi connectivity index (χ1n) is 7.44. The van der Waals surface area contributed by atoms with Crippen LogP contribution >= 0.6 is 0 Å². The van der Waals surface area contributed by atoms with Crippen LogP contribution in [-0.4, -0.2) is 12.5 Å². The number of hydrogen-bond donors (Lipinski definition) is 1. The predicted octanol–water partition coefficient (Wildman–Crippen LogP) is 3.89. The number of rotatable bonds is 5. The monoisotopic (exact) mass is 299 g/mol. The van der Waals surface area contributed by atoms with E-state index >= 15 is 0 Å². The molecule has 4 heteroatoms. The van der Waals surface area contributed by atoms with Crippen LogP contribution in [0.25, 0.3) is 0 Å². The molecule has 2 aromatic carbocycles. The molecule has 0 unspecified atom stereocenters. The summed E-state index contributed by atoms with van der Waals surface area (Å²) < 4.78 is 18.4. The molecule has 0 aliphatic heterocycles. The van der Waals surface area contributed by atoms with Gasteiger partial charge in [-0.25, -0.2) is 4.39 Å². The van der Waals surface area contributed by atoms with Crippen LogP contribution in [0, 0.1) is 5.82 Å². The molecule has 3 rings (SSSR count). The number of carbonyl (C=O) groups excluding carboxylic acids is 1. The van der Waals surface area contributed by atoms with Crippen molar-refractivity contribution in [2.24, 2.45) is 0 Å². The summed E-state index contributed by atoms with van der Waals surface area (Å²) in [6.45, 7) is 2.54. The van der Waals surface area contributed by atoms with Gasteiger partial charge in [-0.05, 0) is 61.7 Å². The molecule has 0 radical (unpaired) electrons. The highest BCUT2D eigenvalue weighted by Gasteiger charge is 2.51. The Bertz CT molecular complexity index is 660. The molecule has 1 fully saturated rings. The molecule has 0 aromatic heterocycles. The van der Waals surface area contributed by atoms with Crippen molar-refractivity contribution in [3.63, 3.8) is 0 Å². The lowest BCUT2D eigenvalue weighted by Gasteiger charge is -2.16. The van der Waals surface area contributed by atoms with Crippen molar-refractivity contribution >= 4 is 11.6 Å². The lowest BCUT2D eigenvalue weighted by Crippen LogP contribution is -2.27. The van der Waals surface area contributed by atoms with E-state index in [1.165, 1.54) is 12.1 Å². The van der Waals surface area contributed by atoms with Crippen LogP contribution in [-0.2, 0) is 10.2 Å². The second-order valence-electron chi connectivity index (χ2n) is 5.50. The Morgan fingerprint density at radius 3 is 2.32 bits per heavy atom. The quantitative estimate of drug-likeness (QED) is 0.909. The Morgan fingerprint density at radius 1 is 1.14 bits per heavy atom. The van der Waals surface area contributed by atoms with Gasteiger partial charge in [-0.3, -0.25) is 4.79 Å². The summed E-state index contributed by atoms with van der Waals surface area (Å²) in [5.74, 6) is 0.454. The standard InChI is InChI=1S/C18H18FNO2/c1-2-22-16-9-7-15(8-10-16)20-17(21)18(11-12-18)13-3-5-14(19)6-4-13/h3-10H,2,11-12H2,1H3,(H,20,21). The van der Waals surface area contributed by atoms with Gasteiger partial charge >= 0.3 is 0 Å². The lowest BCUT2D eigenvalue weighted by molar-refractivity contribution is -0.118. The van der Waals surface area contributed by atoms with Crippen molar-refractivity contribution in [1.29, 1.82) is 0 Å². The van der Waals surface area contributed by atoms with Gasteiger partial charge < -0.3 is 10.1 Å². The van der Waals surface area contributed by atoms with Gasteiger partial charge in [0.2, 0.25) is 5.91 Å². The van der Waals surface area contributed by atoms with Gasteiger partial charge in [0.25, 0.3) is 0 Å². The van der Waals surface area contributed by atoms with Crippen molar-refractivity contribution in [3.8, 4) is 5.75 Å². The molecule has 1 saturated carbocycles. The van der Waals surface area contributed by atoms with E-state index in [4.69, 9.17) is 4.74 Å². The minimum atomic E-state index is -0.508. The fraction of sp³-hybridized carbons (Fsp3) is 0.278. The van der Waals surface area contributed by atoms with Crippen molar-refractivity contribution < 1.29 is 13.9 Å². The highest BCUT2D eigenvalue weighted by molar-refractivity contribution is 6.01. The summed E-state index contributed by atoms with van der Waals surface area (Å²) in [6.07, 6.45) is 1.59. The Labute approximate surface area is 129 Å². The molecule has 1 aliphatic carbocycles. The number of halogens is 1. The number of amides is 1. The average molecular weight is 299 g/mol. The maximum absolute atomic E-state index is 13.0. The molecular formula is C18H18FNO2. The number of ether oxygens (including phenoxy) is 1. The third-order valence-corrected chi connectivity index (χ3v) is 4.00. The third-order valence-electron chi connectivity index (χ3n) is 4.00. The zero-order valence-electron chi connectivity index (χ0n) is 12.4. The van der Waals surface area contributed by atoms with Gasteiger partial charge in [-0.2, -0.15) is 0 Å². The fourth-order valence-corrected chi connectivity index (χ4v) is 2.59. The SMILES string of the molecule is CCOc1ccc(NC(=O)C2(c3ccc(F)cc3)CC2)cc1. The van der Waals surface area contributed by atoms with Gasteiger partial charge in [0.1, 0.15) is 11.6 Å². The predicted molar refractivity (Wildman–Crippen MR) is 83.6 cm³/mol. The fourth-order valence-electron chi connectivity index (χ4n) is 2.59. The van der Waals surface area contributed by atoms with Gasteiger partial charge in [0.05, 0.1) is 12.0 Å². The number of anilines is 1. The first-order chi connectivity index (χ1) is 10.6. The molecule has 22 heavy (non-hydrogen) atoms. The van der Waals surface area contributed by atoms with E-state index in [0.29, 0.717) is 6.61 Å². The molecule has 0 heterocycles. The molecule has 2 aromatic rings. The number of carbonyl (C=O) groups is 1. The summed E-state index contributed by atoms with van der Waals surface area (Å²) in [5.41, 5.74) is 1.10. The summed E-state index contributed by atoms with van der Waals surface area (Å²) in [7, 11) is 0. The number of benzene rings is 2. The van der Waals surface area contributed by atoms with E-state index in [0.717, 1.165) is 29.8 Å². The van der Waals surface area contributed by atoms with Gasteiger partial charge in [-0.1, -0.05) is 12.1 Å². The van der Waals surface area contributed by atoms with E-state index in [1.807, 2.05) is 31.2 Å². The Kier molecular flexibility index (Phi) is 3.84. The number of hydrogen-bond acceptors (Lipinski definition) is 2. The van der Waals surface area contributed by atoms with Crippen molar-refractivity contribution in [2.45, 2.75) is 25.2 Å². The van der Waals surface area contributed by atoms with E-state index in [1.54, 1.807) is 12.1 Å². The van der Waals surface area contributed by atoms with Crippen LogP contribution in [0.15, 0.2) is 48.5 Å². The summed E-state index contributed by atoms with van der Waals surface area (Å²) in [4.78, 5) is 12.6. The topological polar surface area (TPSA) is 38.3 Å². The lowest BCUT2D eigenvalue weighted by atomic mass is 9.95. The zero-order chi connectivity index (χ0) is 15.6. The van der Waals surface area contributed by atoms with Gasteiger partial charge in [0, 0.05) is 5.69 Å². The zero-order valence-corrected chi connectivity index (χ0v) is 12.4. The molecule has 0 atom stereocenters. The third kappa shape index (κ3) is 2.82. The van der Waals surface area contributed by atoms with Crippen molar-refractivity contribution in [2.75, 3.05) is 11.9 Å². The van der Waals surface area contributed by atoms with Gasteiger partial charge in [-0.15, -0.1) is 0 Å². The van der Waals surface area contributed by atoms with Crippen LogP contribution in [0.4, 0.5) is 10.1 Å². The van der Waals surface area contributed by atoms with E-state index in [-0.39, 0.29) is 11.7 Å². The minimum Gasteiger partial charge on any atom is -0.494 e. The maximum Gasteiger partial charge on any atom is 0.235 e. The summed E-state index contributed by atoms with van der Waals surface area (Å²) in [5, 5.41) is 2.94. The first kappa shape index (κ1) is 14.6. The van der Waals surface area contributed by atoms with E-state index < -0.39 is 5.41 Å². The molecule has 1 amide bonds. The highest BCUT2D eigenvalue weighted by Crippen LogP contribution is 2.49. The molecule has 3 nitrogen and oxygen atoms in total. The molecule has 1 N–H and O–H groups in total. The van der Waals surface area contributed by atoms with Crippen LogP contribution < -0.4 is 10.1 Å². The van der Waals surface area contributed by atoms with Crippen molar-refractivity contribution in [3.05, 3.63) is 59.9 Å². The number of nitrogens with one attached hydrogen (secondary N) is 1. The van der Waals surface area contributed by atoms with Crippen LogP contribution in [0.3, 0.4) is 0 Å². The van der Waals surface area contributed by atoms with Crippen LogP contribution in [0.2, 0.25) is 0 Å². The Balaban J connectivity index is 1.72. The molecule has 0 spiro atoms. The first-order valence-corrected chi connectivity index (χ1v) is 7.44.